The molecule has 4 heteroatoms. The average molecular weight is 306 g/mol. The Bertz CT molecular complexity index is 609. The van der Waals surface area contributed by atoms with Gasteiger partial charge in [0.1, 0.15) is 11.5 Å². The molecule has 0 aliphatic rings. The summed E-state index contributed by atoms with van der Waals surface area (Å²) >= 11 is 3.44. The van der Waals surface area contributed by atoms with Crippen LogP contribution in [-0.2, 0) is 0 Å². The number of benzene rings is 2. The summed E-state index contributed by atoms with van der Waals surface area (Å²) in [7, 11) is 0. The largest absolute Gasteiger partial charge is 0.508 e. The number of hydrogen-bond acceptors (Lipinski definition) is 3. The molecule has 0 aliphatic carbocycles. The Kier molecular flexibility index (Phi) is 3.67. The van der Waals surface area contributed by atoms with Crippen LogP contribution in [0.2, 0.25) is 0 Å². The zero-order valence-electron chi connectivity index (χ0n) is 9.76. The van der Waals surface area contributed by atoms with E-state index in [0.717, 1.165) is 15.7 Å². The van der Waals surface area contributed by atoms with E-state index in [0.29, 0.717) is 5.56 Å². The molecule has 2 N–H and O–H groups in total. The predicted molar refractivity (Wildman–Crippen MR) is 75.9 cm³/mol. The first kappa shape index (κ1) is 12.6. The van der Waals surface area contributed by atoms with Gasteiger partial charge in [0.25, 0.3) is 0 Å². The summed E-state index contributed by atoms with van der Waals surface area (Å²) in [6.07, 6.45) is 1.56. The van der Waals surface area contributed by atoms with E-state index in [-0.39, 0.29) is 11.5 Å². The lowest BCUT2D eigenvalue weighted by Crippen LogP contribution is -1.82. The van der Waals surface area contributed by atoms with E-state index < -0.39 is 0 Å². The van der Waals surface area contributed by atoms with Crippen LogP contribution in [0.1, 0.15) is 11.1 Å². The summed E-state index contributed by atoms with van der Waals surface area (Å²) < 4.78 is 0.993. The van der Waals surface area contributed by atoms with E-state index in [1.165, 1.54) is 12.1 Å². The SMILES string of the molecule is Cc1ccc(N=Cc2ccc(O)cc2O)cc1Br. The van der Waals surface area contributed by atoms with Crippen molar-refractivity contribution in [2.75, 3.05) is 0 Å². The first-order chi connectivity index (χ1) is 8.56. The van der Waals surface area contributed by atoms with Gasteiger partial charge in [-0.15, -0.1) is 0 Å². The average Bonchev–Trinajstić information content (AvgIpc) is 2.32. The highest BCUT2D eigenvalue weighted by atomic mass is 79.9. The minimum Gasteiger partial charge on any atom is -0.508 e. The molecule has 2 rings (SSSR count). The van der Waals surface area contributed by atoms with E-state index >= 15 is 0 Å². The van der Waals surface area contributed by atoms with Crippen LogP contribution in [0, 0.1) is 6.92 Å². The van der Waals surface area contributed by atoms with Gasteiger partial charge in [0.05, 0.1) is 5.69 Å². The second-order valence-electron chi connectivity index (χ2n) is 3.93. The molecule has 0 saturated heterocycles. The van der Waals surface area contributed by atoms with Gasteiger partial charge >= 0.3 is 0 Å². The van der Waals surface area contributed by atoms with Crippen LogP contribution in [-0.4, -0.2) is 16.4 Å². The zero-order chi connectivity index (χ0) is 13.1. The number of phenols is 2. The van der Waals surface area contributed by atoms with Crippen molar-refractivity contribution >= 4 is 27.8 Å². The minimum atomic E-state index is 0.00456. The van der Waals surface area contributed by atoms with Crippen LogP contribution in [0.25, 0.3) is 0 Å². The summed E-state index contributed by atoms with van der Waals surface area (Å²) in [5, 5.41) is 18.8. The molecule has 0 aromatic heterocycles. The van der Waals surface area contributed by atoms with Crippen LogP contribution in [0.3, 0.4) is 0 Å². The van der Waals surface area contributed by atoms with Gasteiger partial charge in [0.15, 0.2) is 0 Å². The van der Waals surface area contributed by atoms with Gasteiger partial charge in [-0.25, -0.2) is 0 Å². The van der Waals surface area contributed by atoms with Crippen molar-refractivity contribution in [3.05, 3.63) is 52.0 Å². The monoisotopic (exact) mass is 305 g/mol. The lowest BCUT2D eigenvalue weighted by Gasteiger charge is -2.01. The Balaban J connectivity index is 2.27. The lowest BCUT2D eigenvalue weighted by molar-refractivity contribution is 0.450. The first-order valence-electron chi connectivity index (χ1n) is 5.38. The number of aliphatic imine (C=N–C) groups is 1. The Morgan fingerprint density at radius 2 is 1.89 bits per heavy atom. The molecule has 2 aromatic carbocycles. The summed E-state index contributed by atoms with van der Waals surface area (Å²) in [4.78, 5) is 4.27. The summed E-state index contributed by atoms with van der Waals surface area (Å²) in [5.41, 5.74) is 2.49. The molecule has 2 aromatic rings. The van der Waals surface area contributed by atoms with Gasteiger partial charge in [-0.3, -0.25) is 4.99 Å². The molecule has 0 saturated carbocycles. The number of phenolic OH excluding ortho intramolecular Hbond substituents is 2. The van der Waals surface area contributed by atoms with Crippen molar-refractivity contribution < 1.29 is 10.2 Å². The smallest absolute Gasteiger partial charge is 0.128 e. The molecule has 3 nitrogen and oxygen atoms in total. The molecule has 0 bridgehead atoms. The second-order valence-corrected chi connectivity index (χ2v) is 4.79. The van der Waals surface area contributed by atoms with Gasteiger partial charge in [-0.1, -0.05) is 22.0 Å². The van der Waals surface area contributed by atoms with Crippen LogP contribution < -0.4 is 0 Å². The molecule has 0 aliphatic heterocycles. The number of nitrogens with zero attached hydrogens (tertiary/aromatic N) is 1. The van der Waals surface area contributed by atoms with E-state index in [1.807, 2.05) is 25.1 Å². The van der Waals surface area contributed by atoms with Crippen LogP contribution in [0.5, 0.6) is 11.5 Å². The molecule has 0 heterocycles. The zero-order valence-corrected chi connectivity index (χ0v) is 11.3. The van der Waals surface area contributed by atoms with Crippen molar-refractivity contribution in [3.8, 4) is 11.5 Å². The van der Waals surface area contributed by atoms with E-state index in [9.17, 15) is 10.2 Å². The standard InChI is InChI=1S/C14H12BrNO2/c1-9-2-4-11(6-13(9)15)16-8-10-3-5-12(17)7-14(10)18/h2-8,17-18H,1H3. The number of hydrogen-bond donors (Lipinski definition) is 2. The molecule has 0 fully saturated rings. The summed E-state index contributed by atoms with van der Waals surface area (Å²) in [5.74, 6) is 0.0349. The Labute approximate surface area is 114 Å². The Morgan fingerprint density at radius 1 is 1.11 bits per heavy atom. The number of aryl methyl sites for hydroxylation is 1. The van der Waals surface area contributed by atoms with Gasteiger partial charge in [-0.2, -0.15) is 0 Å². The quantitative estimate of drug-likeness (QED) is 0.826. The fourth-order valence-corrected chi connectivity index (χ4v) is 1.81. The first-order valence-corrected chi connectivity index (χ1v) is 6.18. The number of rotatable bonds is 2. The van der Waals surface area contributed by atoms with Crippen molar-refractivity contribution in [1.29, 1.82) is 0 Å². The van der Waals surface area contributed by atoms with Crippen molar-refractivity contribution in [3.63, 3.8) is 0 Å². The second kappa shape index (κ2) is 5.23. The van der Waals surface area contributed by atoms with E-state index in [4.69, 9.17) is 0 Å². The highest BCUT2D eigenvalue weighted by molar-refractivity contribution is 9.10. The van der Waals surface area contributed by atoms with Gasteiger partial charge in [0, 0.05) is 22.3 Å². The fourth-order valence-electron chi connectivity index (χ4n) is 1.45. The number of aromatic hydroxyl groups is 2. The molecule has 0 radical (unpaired) electrons. The predicted octanol–water partition coefficient (Wildman–Crippen LogP) is 3.92. The van der Waals surface area contributed by atoms with E-state index in [2.05, 4.69) is 20.9 Å². The number of halogens is 1. The normalized spacial score (nSPS) is 11.0. The van der Waals surface area contributed by atoms with Crippen molar-refractivity contribution in [1.82, 2.24) is 0 Å². The summed E-state index contributed by atoms with van der Waals surface area (Å²) in [6.45, 7) is 2.00. The molecule has 18 heavy (non-hydrogen) atoms. The highest BCUT2D eigenvalue weighted by Gasteiger charge is 2.00. The molecule has 0 unspecified atom stereocenters. The third-order valence-corrected chi connectivity index (χ3v) is 3.38. The van der Waals surface area contributed by atoms with Crippen molar-refractivity contribution in [2.45, 2.75) is 6.92 Å². The van der Waals surface area contributed by atoms with E-state index in [1.54, 1.807) is 12.3 Å². The Morgan fingerprint density at radius 3 is 2.56 bits per heavy atom. The topological polar surface area (TPSA) is 52.8 Å². The van der Waals surface area contributed by atoms with Gasteiger partial charge in [-0.05, 0) is 36.8 Å². The Hall–Kier alpha value is -1.81. The highest BCUT2D eigenvalue weighted by Crippen LogP contribution is 2.24. The van der Waals surface area contributed by atoms with Crippen LogP contribution >= 0.6 is 15.9 Å². The van der Waals surface area contributed by atoms with Gasteiger partial charge < -0.3 is 10.2 Å². The van der Waals surface area contributed by atoms with Crippen molar-refractivity contribution in [2.24, 2.45) is 4.99 Å². The summed E-state index contributed by atoms with van der Waals surface area (Å²) in [6, 6.07) is 10.2. The maximum Gasteiger partial charge on any atom is 0.128 e. The third kappa shape index (κ3) is 2.90. The molecule has 0 amide bonds. The molecular formula is C14H12BrNO2. The third-order valence-electron chi connectivity index (χ3n) is 2.52. The van der Waals surface area contributed by atoms with Crippen LogP contribution in [0.15, 0.2) is 45.9 Å². The minimum absolute atomic E-state index is 0.00456. The fraction of sp³-hybridized carbons (Fsp3) is 0.0714. The lowest BCUT2D eigenvalue weighted by atomic mass is 10.2. The molecule has 92 valence electrons. The molecule has 0 spiro atoms. The molecular weight excluding hydrogens is 294 g/mol. The van der Waals surface area contributed by atoms with Crippen LogP contribution in [0.4, 0.5) is 5.69 Å². The molecule has 0 atom stereocenters. The maximum atomic E-state index is 9.61. The van der Waals surface area contributed by atoms with Gasteiger partial charge in [0.2, 0.25) is 0 Å². The maximum absolute atomic E-state index is 9.61.